The van der Waals surface area contributed by atoms with E-state index >= 15 is 0 Å². The summed E-state index contributed by atoms with van der Waals surface area (Å²) in [5.74, 6) is 0. The quantitative estimate of drug-likeness (QED) is 0.921. The van der Waals surface area contributed by atoms with Crippen molar-refractivity contribution in [1.29, 1.82) is 0 Å². The fraction of sp³-hybridized carbons (Fsp3) is 0.267. The van der Waals surface area contributed by atoms with Crippen molar-refractivity contribution in [3.8, 4) is 0 Å². The van der Waals surface area contributed by atoms with E-state index in [9.17, 15) is 13.2 Å². The summed E-state index contributed by atoms with van der Waals surface area (Å²) in [5.41, 5.74) is 1.77. The lowest BCUT2D eigenvalue weighted by Crippen LogP contribution is -2.33. The number of aryl methyl sites for hydroxylation is 1. The molecular formula is C15H15F3N2. The molecule has 0 aliphatic carbocycles. The second-order valence-electron chi connectivity index (χ2n) is 4.57. The van der Waals surface area contributed by atoms with E-state index in [1.165, 1.54) is 12.1 Å². The first-order valence-corrected chi connectivity index (χ1v) is 6.23. The molecule has 2 nitrogen and oxygen atoms in total. The molecule has 0 aliphatic rings. The zero-order chi connectivity index (χ0) is 14.6. The van der Waals surface area contributed by atoms with Crippen LogP contribution in [0, 0.1) is 6.92 Å². The fourth-order valence-electron chi connectivity index (χ4n) is 1.89. The first-order chi connectivity index (χ1) is 9.47. The van der Waals surface area contributed by atoms with Gasteiger partial charge < -0.3 is 0 Å². The van der Waals surface area contributed by atoms with Crippen LogP contribution in [0.3, 0.4) is 0 Å². The molecule has 1 N–H and O–H groups in total. The lowest BCUT2D eigenvalue weighted by molar-refractivity contribution is -0.158. The molecule has 0 fully saturated rings. The normalized spacial score (nSPS) is 13.2. The highest BCUT2D eigenvalue weighted by Gasteiger charge is 2.40. The number of pyridine rings is 1. The number of hydrogen-bond donors (Lipinski definition) is 1. The highest BCUT2D eigenvalue weighted by molar-refractivity contribution is 5.21. The van der Waals surface area contributed by atoms with Gasteiger partial charge in [0.1, 0.15) is 6.04 Å². The third-order valence-electron chi connectivity index (χ3n) is 2.94. The van der Waals surface area contributed by atoms with E-state index in [1.54, 1.807) is 36.5 Å². The van der Waals surface area contributed by atoms with Crippen molar-refractivity contribution in [1.82, 2.24) is 10.3 Å². The molecule has 1 unspecified atom stereocenters. The molecule has 0 spiro atoms. The summed E-state index contributed by atoms with van der Waals surface area (Å²) in [6.45, 7) is 1.95. The Morgan fingerprint density at radius 1 is 1.10 bits per heavy atom. The molecule has 1 atom stereocenters. The molecule has 2 aromatic rings. The minimum Gasteiger partial charge on any atom is -0.298 e. The van der Waals surface area contributed by atoms with Crippen molar-refractivity contribution in [2.75, 3.05) is 0 Å². The molecule has 1 aromatic heterocycles. The van der Waals surface area contributed by atoms with Crippen LogP contribution >= 0.6 is 0 Å². The molecule has 0 amide bonds. The van der Waals surface area contributed by atoms with Crippen molar-refractivity contribution in [3.05, 3.63) is 65.5 Å². The molecule has 0 saturated carbocycles. The van der Waals surface area contributed by atoms with Crippen LogP contribution in [0.15, 0.2) is 48.7 Å². The minimum absolute atomic E-state index is 0.117. The molecule has 1 heterocycles. The third-order valence-corrected chi connectivity index (χ3v) is 2.94. The summed E-state index contributed by atoms with van der Waals surface area (Å²) in [4.78, 5) is 4.07. The second-order valence-corrected chi connectivity index (χ2v) is 4.57. The van der Waals surface area contributed by atoms with E-state index in [1.807, 2.05) is 6.92 Å². The van der Waals surface area contributed by atoms with E-state index in [2.05, 4.69) is 10.3 Å². The van der Waals surface area contributed by atoms with Gasteiger partial charge in [0.15, 0.2) is 0 Å². The van der Waals surface area contributed by atoms with Gasteiger partial charge >= 0.3 is 6.18 Å². The van der Waals surface area contributed by atoms with Gasteiger partial charge in [-0.25, -0.2) is 0 Å². The largest absolute Gasteiger partial charge is 0.407 e. The van der Waals surface area contributed by atoms with Crippen molar-refractivity contribution in [3.63, 3.8) is 0 Å². The lowest BCUT2D eigenvalue weighted by atomic mass is 10.1. The van der Waals surface area contributed by atoms with Gasteiger partial charge in [-0.3, -0.25) is 10.3 Å². The van der Waals surface area contributed by atoms with Crippen LogP contribution in [0.4, 0.5) is 13.2 Å². The smallest absolute Gasteiger partial charge is 0.298 e. The van der Waals surface area contributed by atoms with Crippen LogP contribution < -0.4 is 5.32 Å². The summed E-state index contributed by atoms with van der Waals surface area (Å²) < 4.78 is 39.3. The van der Waals surface area contributed by atoms with Crippen LogP contribution in [0.25, 0.3) is 0 Å². The number of nitrogens with zero attached hydrogens (tertiary/aromatic N) is 1. The van der Waals surface area contributed by atoms with Gasteiger partial charge in [0, 0.05) is 18.4 Å². The molecule has 0 bridgehead atoms. The number of alkyl halides is 3. The van der Waals surface area contributed by atoms with Crippen molar-refractivity contribution in [2.45, 2.75) is 25.7 Å². The Bertz CT molecular complexity index is 535. The Labute approximate surface area is 115 Å². The first-order valence-electron chi connectivity index (χ1n) is 6.23. The van der Waals surface area contributed by atoms with Crippen molar-refractivity contribution in [2.24, 2.45) is 0 Å². The topological polar surface area (TPSA) is 24.9 Å². The third kappa shape index (κ3) is 3.81. The zero-order valence-electron chi connectivity index (χ0n) is 11.0. The number of nitrogens with one attached hydrogen (secondary N) is 1. The van der Waals surface area contributed by atoms with E-state index in [4.69, 9.17) is 0 Å². The van der Waals surface area contributed by atoms with E-state index in [-0.39, 0.29) is 12.1 Å². The Morgan fingerprint density at radius 2 is 1.80 bits per heavy atom. The maximum Gasteiger partial charge on any atom is 0.407 e. The maximum absolute atomic E-state index is 13.1. The highest BCUT2D eigenvalue weighted by atomic mass is 19.4. The number of halogens is 3. The lowest BCUT2D eigenvalue weighted by Gasteiger charge is -2.22. The zero-order valence-corrected chi connectivity index (χ0v) is 11.0. The van der Waals surface area contributed by atoms with E-state index in [0.717, 1.165) is 11.3 Å². The number of benzene rings is 1. The Hall–Kier alpha value is -1.88. The Balaban J connectivity index is 2.11. The minimum atomic E-state index is -4.33. The van der Waals surface area contributed by atoms with E-state index < -0.39 is 12.2 Å². The SMILES string of the molecule is Cc1ccc(CNC(c2ccccc2)C(F)(F)F)cn1. The maximum atomic E-state index is 13.1. The summed E-state index contributed by atoms with van der Waals surface area (Å²) in [7, 11) is 0. The average molecular weight is 280 g/mol. The van der Waals surface area contributed by atoms with Crippen LogP contribution in [0.1, 0.15) is 22.9 Å². The van der Waals surface area contributed by atoms with Gasteiger partial charge in [-0.05, 0) is 24.1 Å². The van der Waals surface area contributed by atoms with Crippen molar-refractivity contribution >= 4 is 0 Å². The van der Waals surface area contributed by atoms with Gasteiger partial charge in [-0.2, -0.15) is 13.2 Å². The molecule has 0 saturated heterocycles. The van der Waals surface area contributed by atoms with Crippen LogP contribution in [-0.4, -0.2) is 11.2 Å². The monoisotopic (exact) mass is 280 g/mol. The van der Waals surface area contributed by atoms with Crippen LogP contribution in [0.5, 0.6) is 0 Å². The Morgan fingerprint density at radius 3 is 2.35 bits per heavy atom. The highest BCUT2D eigenvalue weighted by Crippen LogP contribution is 2.32. The van der Waals surface area contributed by atoms with Gasteiger partial charge in [-0.1, -0.05) is 36.4 Å². The molecule has 1 aromatic carbocycles. The van der Waals surface area contributed by atoms with Gasteiger partial charge in [0.25, 0.3) is 0 Å². The summed E-state index contributed by atoms with van der Waals surface area (Å²) in [6, 6.07) is 9.71. The van der Waals surface area contributed by atoms with Crippen molar-refractivity contribution < 1.29 is 13.2 Å². The predicted octanol–water partition coefficient (Wildman–Crippen LogP) is 3.78. The molecule has 2 rings (SSSR count). The van der Waals surface area contributed by atoms with Crippen LogP contribution in [-0.2, 0) is 6.54 Å². The predicted molar refractivity (Wildman–Crippen MR) is 71.1 cm³/mol. The van der Waals surface area contributed by atoms with Crippen LogP contribution in [0.2, 0.25) is 0 Å². The molecule has 0 aliphatic heterocycles. The first kappa shape index (κ1) is 14.5. The van der Waals surface area contributed by atoms with Gasteiger partial charge in [0.2, 0.25) is 0 Å². The molecule has 106 valence electrons. The molecular weight excluding hydrogens is 265 g/mol. The Kier molecular flexibility index (Phi) is 4.39. The summed E-state index contributed by atoms with van der Waals surface area (Å²) in [5, 5.41) is 2.55. The second kappa shape index (κ2) is 6.05. The number of hydrogen-bond acceptors (Lipinski definition) is 2. The number of aromatic nitrogens is 1. The van der Waals surface area contributed by atoms with Gasteiger partial charge in [0.05, 0.1) is 0 Å². The molecule has 20 heavy (non-hydrogen) atoms. The summed E-state index contributed by atoms with van der Waals surface area (Å²) in [6.07, 6.45) is -2.75. The standard InChI is InChI=1S/C15H15F3N2/c1-11-7-8-12(9-19-11)10-20-14(15(16,17)18)13-5-3-2-4-6-13/h2-9,14,20H,10H2,1H3. The fourth-order valence-corrected chi connectivity index (χ4v) is 1.89. The average Bonchev–Trinajstić information content (AvgIpc) is 2.41. The molecule has 0 radical (unpaired) electrons. The molecule has 5 heteroatoms. The summed E-state index contributed by atoms with van der Waals surface area (Å²) >= 11 is 0. The number of rotatable bonds is 4. The van der Waals surface area contributed by atoms with E-state index in [0.29, 0.717) is 0 Å². The van der Waals surface area contributed by atoms with Gasteiger partial charge in [-0.15, -0.1) is 0 Å².